The Labute approximate surface area is 391 Å². The monoisotopic (exact) mass is 912 g/mol. The maximum atomic E-state index is 13.4. The summed E-state index contributed by atoms with van der Waals surface area (Å²) in [5.74, 6) is -1.89. The van der Waals surface area contributed by atoms with Gasteiger partial charge in [0, 0.05) is 63.0 Å². The normalized spacial score (nSPS) is 17.3. The average Bonchev–Trinajstić information content (AvgIpc) is 3.98. The van der Waals surface area contributed by atoms with Gasteiger partial charge in [-0.2, -0.15) is 0 Å². The van der Waals surface area contributed by atoms with Gasteiger partial charge in [0.15, 0.2) is 17.7 Å². The maximum Gasteiger partial charge on any atom is 0.343 e. The lowest BCUT2D eigenvalue weighted by Gasteiger charge is -2.16. The average molecular weight is 913 g/mol. The number of methoxy groups -OCH3 is 2. The molecule has 0 aliphatic carbocycles. The molecule has 342 valence electrons. The Morgan fingerprint density at radius 2 is 1.04 bits per heavy atom. The van der Waals surface area contributed by atoms with Crippen LogP contribution in [0.25, 0.3) is 12.2 Å². The summed E-state index contributed by atoms with van der Waals surface area (Å²) in [4.78, 5) is 77.6. The van der Waals surface area contributed by atoms with Crippen LogP contribution in [0.4, 0.5) is 11.4 Å². The molecular formula is C54H44N2O12. The van der Waals surface area contributed by atoms with E-state index in [9.17, 15) is 28.8 Å². The van der Waals surface area contributed by atoms with Crippen LogP contribution < -0.4 is 24.8 Å². The van der Waals surface area contributed by atoms with Crippen molar-refractivity contribution in [3.05, 3.63) is 197 Å². The second-order valence-corrected chi connectivity index (χ2v) is 15.6. The third kappa shape index (κ3) is 11.0. The highest BCUT2D eigenvalue weighted by molar-refractivity contribution is 6.10. The Kier molecular flexibility index (Phi) is 14.4. The number of nitrogens with one attached hydrogen (secondary N) is 2. The van der Waals surface area contributed by atoms with Crippen molar-refractivity contribution in [2.75, 3.05) is 38.1 Å². The van der Waals surface area contributed by atoms with E-state index >= 15 is 0 Å². The van der Waals surface area contributed by atoms with Gasteiger partial charge >= 0.3 is 11.9 Å². The number of ether oxygens (including phenoxy) is 6. The van der Waals surface area contributed by atoms with Crippen molar-refractivity contribution < 1.29 is 57.2 Å². The molecule has 6 aromatic carbocycles. The number of anilines is 2. The summed E-state index contributed by atoms with van der Waals surface area (Å²) < 4.78 is 34.0. The Bertz CT molecular complexity index is 2900. The van der Waals surface area contributed by atoms with Crippen LogP contribution in [0.1, 0.15) is 58.1 Å². The van der Waals surface area contributed by atoms with Crippen molar-refractivity contribution in [3.63, 3.8) is 0 Å². The first-order valence-electron chi connectivity index (χ1n) is 21.5. The van der Waals surface area contributed by atoms with E-state index in [-0.39, 0.29) is 30.7 Å². The predicted octanol–water partition coefficient (Wildman–Crippen LogP) is 8.28. The quantitative estimate of drug-likeness (QED) is 0.0411. The fourth-order valence-electron chi connectivity index (χ4n) is 7.65. The molecule has 2 aliphatic rings. The zero-order valence-electron chi connectivity index (χ0n) is 36.8. The van der Waals surface area contributed by atoms with Crippen LogP contribution in [-0.2, 0) is 23.8 Å². The number of allylic oxidation sites excluding steroid dienone is 1. The van der Waals surface area contributed by atoms with E-state index in [0.717, 1.165) is 0 Å². The van der Waals surface area contributed by atoms with Gasteiger partial charge in [-0.05, 0) is 91.0 Å². The summed E-state index contributed by atoms with van der Waals surface area (Å²) in [6.07, 6.45) is 3.77. The topological polar surface area (TPSA) is 182 Å². The molecule has 0 bridgehead atoms. The van der Waals surface area contributed by atoms with Crippen molar-refractivity contribution in [1.82, 2.24) is 0 Å². The van der Waals surface area contributed by atoms with Crippen molar-refractivity contribution in [2.45, 2.75) is 18.3 Å². The Morgan fingerprint density at radius 3 is 1.62 bits per heavy atom. The highest BCUT2D eigenvalue weighted by atomic mass is 16.6. The Morgan fingerprint density at radius 1 is 0.544 bits per heavy atom. The zero-order chi connectivity index (χ0) is 47.6. The van der Waals surface area contributed by atoms with Crippen LogP contribution in [0, 0.1) is 5.92 Å². The van der Waals surface area contributed by atoms with Gasteiger partial charge in [-0.15, -0.1) is 0 Å². The second-order valence-electron chi connectivity index (χ2n) is 15.6. The number of benzene rings is 6. The van der Waals surface area contributed by atoms with Gasteiger partial charge in [-0.1, -0.05) is 60.7 Å². The van der Waals surface area contributed by atoms with E-state index in [4.69, 9.17) is 28.4 Å². The van der Waals surface area contributed by atoms with Crippen molar-refractivity contribution in [3.8, 4) is 17.2 Å². The minimum absolute atomic E-state index is 0.0403. The molecular weight excluding hydrogens is 869 g/mol. The van der Waals surface area contributed by atoms with Gasteiger partial charge in [0.1, 0.15) is 23.4 Å². The molecule has 2 heterocycles. The third-order valence-electron chi connectivity index (χ3n) is 11.2. The number of rotatable bonds is 16. The van der Waals surface area contributed by atoms with Gasteiger partial charge in [-0.25, -0.2) is 9.59 Å². The molecule has 0 unspecified atom stereocenters. The van der Waals surface area contributed by atoms with Gasteiger partial charge in [-0.3, -0.25) is 19.2 Å². The van der Waals surface area contributed by atoms with Crippen LogP contribution in [-0.4, -0.2) is 81.1 Å². The zero-order valence-corrected chi connectivity index (χ0v) is 36.8. The molecule has 8 rings (SSSR count). The molecule has 4 atom stereocenters. The van der Waals surface area contributed by atoms with Crippen LogP contribution >= 0.6 is 0 Å². The summed E-state index contributed by atoms with van der Waals surface area (Å²) in [7, 11) is 2.94. The maximum absolute atomic E-state index is 13.4. The lowest BCUT2D eigenvalue weighted by Crippen LogP contribution is -2.34. The number of esters is 2. The lowest BCUT2D eigenvalue weighted by molar-refractivity contribution is -0.147. The molecule has 0 radical (unpaired) electrons. The second kappa shape index (κ2) is 21.2. The smallest absolute Gasteiger partial charge is 0.343 e. The van der Waals surface area contributed by atoms with Gasteiger partial charge in [0.05, 0.1) is 45.0 Å². The van der Waals surface area contributed by atoms with E-state index < -0.39 is 42.1 Å². The molecule has 0 saturated carbocycles. The molecule has 2 saturated heterocycles. The van der Waals surface area contributed by atoms with Crippen molar-refractivity contribution in [1.29, 1.82) is 0 Å². The highest BCUT2D eigenvalue weighted by Crippen LogP contribution is 2.34. The number of ketones is 2. The largest absolute Gasteiger partial charge is 0.496 e. The number of fused-ring (bicyclic) bond motifs is 1. The molecule has 2 N–H and O–H groups in total. The van der Waals surface area contributed by atoms with Crippen molar-refractivity contribution in [2.24, 2.45) is 5.92 Å². The number of hydrogen-bond acceptors (Lipinski definition) is 12. The van der Waals surface area contributed by atoms with Gasteiger partial charge in [0.2, 0.25) is 0 Å². The van der Waals surface area contributed by atoms with Gasteiger partial charge < -0.3 is 39.1 Å². The Hall–Kier alpha value is -8.46. The summed E-state index contributed by atoms with van der Waals surface area (Å²) in [5.41, 5.74) is 4.16. The van der Waals surface area contributed by atoms with Crippen LogP contribution in [0.2, 0.25) is 0 Å². The van der Waals surface area contributed by atoms with E-state index in [0.29, 0.717) is 67.6 Å². The first kappa shape index (κ1) is 46.1. The van der Waals surface area contributed by atoms with E-state index in [1.807, 2.05) is 6.07 Å². The molecule has 2 amide bonds. The molecule has 2 aliphatic heterocycles. The molecule has 0 spiro atoms. The Balaban J connectivity index is 0.807. The number of carbonyl (C=O) groups excluding carboxylic acids is 6. The number of carbonyl (C=O) groups is 6. The van der Waals surface area contributed by atoms with E-state index in [1.54, 1.807) is 133 Å². The SMILES string of the molecule is COc1cc(NC(=O)c2ccc(OC(=O)c3ccccc3)cc2)ccc1/C=C/C(=O)O[C@@H]1CO[C@H]2[C@@H]1OC[C@@H]2C(=O)/C=C/c1ccc(NC(=O)c2ccc(C(=O)c3ccccc3)cc2)cc1OC. The molecule has 2 fully saturated rings. The fraction of sp³-hybridized carbons (Fsp3) is 0.148. The van der Waals surface area contributed by atoms with Crippen LogP contribution in [0.15, 0.2) is 158 Å². The molecule has 14 nitrogen and oxygen atoms in total. The van der Waals surface area contributed by atoms with Crippen LogP contribution in [0.3, 0.4) is 0 Å². The summed E-state index contributed by atoms with van der Waals surface area (Å²) in [6, 6.07) is 40.0. The first-order valence-corrected chi connectivity index (χ1v) is 21.5. The highest BCUT2D eigenvalue weighted by Gasteiger charge is 2.51. The molecule has 14 heteroatoms. The summed E-state index contributed by atoms with van der Waals surface area (Å²) in [6.45, 7) is 0.111. The minimum Gasteiger partial charge on any atom is -0.496 e. The first-order chi connectivity index (χ1) is 33.1. The fourth-order valence-corrected chi connectivity index (χ4v) is 7.65. The predicted molar refractivity (Wildman–Crippen MR) is 252 cm³/mol. The molecule has 68 heavy (non-hydrogen) atoms. The lowest BCUT2D eigenvalue weighted by atomic mass is 9.96. The minimum atomic E-state index is -0.749. The standard InChI is InChI=1S/C54H44N2O12/c1-63-45-29-40(55-52(60)37-15-13-36(14-16-37)49(59)35-9-5-3-6-10-35)23-17-33(45)21-27-44(57)43-31-65-51-47(32-66-50(43)51)68-48(58)28-22-34-18-24-41(30-46(34)64-2)56-53(61)38-19-25-42(26-20-38)67-54(62)39-11-7-4-8-12-39/h3-30,43,47,50-51H,31-32H2,1-2H3,(H,55,60)(H,56,61)/b27-21+,28-22+/t43-,47-,50-,51-/m1/s1. The van der Waals surface area contributed by atoms with Gasteiger partial charge in [0.25, 0.3) is 11.8 Å². The van der Waals surface area contributed by atoms with Crippen molar-refractivity contribution >= 4 is 58.8 Å². The third-order valence-corrected chi connectivity index (χ3v) is 11.2. The van der Waals surface area contributed by atoms with Crippen LogP contribution in [0.5, 0.6) is 17.2 Å². The van der Waals surface area contributed by atoms with E-state index in [1.165, 1.54) is 44.6 Å². The van der Waals surface area contributed by atoms with E-state index in [2.05, 4.69) is 10.6 Å². The molecule has 0 aromatic heterocycles. The number of hydrogen-bond donors (Lipinski definition) is 2. The molecule has 6 aromatic rings. The summed E-state index contributed by atoms with van der Waals surface area (Å²) in [5, 5.41) is 5.65. The summed E-state index contributed by atoms with van der Waals surface area (Å²) >= 11 is 0. The number of amides is 2.